The van der Waals surface area contributed by atoms with E-state index >= 15 is 0 Å². The third kappa shape index (κ3) is 5.54. The summed E-state index contributed by atoms with van der Waals surface area (Å²) < 4.78 is 32.1. The third-order valence-electron chi connectivity index (χ3n) is 6.01. The molecule has 0 saturated heterocycles. The largest absolute Gasteiger partial charge is 0.497 e. The number of thioether (sulfide) groups is 1. The number of nitrogens with zero attached hydrogens (tertiary/aromatic N) is 3. The third-order valence-corrected chi connectivity index (χ3v) is 7.15. The number of anilines is 1. The number of hydrogen-bond donors (Lipinski definition) is 1. The molecule has 2 atom stereocenters. The number of carbonyl (C=O) groups excluding carboxylic acids is 2. The molecule has 188 valence electrons. The average Bonchev–Trinajstić information content (AvgIpc) is 3.49. The number of methoxy groups -OCH3 is 1. The lowest BCUT2D eigenvalue weighted by atomic mass is 9.98. The van der Waals surface area contributed by atoms with Gasteiger partial charge in [0, 0.05) is 18.5 Å². The molecule has 7 nitrogen and oxygen atoms in total. The van der Waals surface area contributed by atoms with Crippen LogP contribution in [0.15, 0.2) is 82.9 Å². The minimum Gasteiger partial charge on any atom is -0.497 e. The standard InChI is InChI=1S/C27H22F2N4O3S/c1-36-21-12-10-20(11-13-21)30-25(34)15-24-26(35)31-27(37-24)33-23(17-4-8-19(29)9-5-17)14-22(32-33)16-2-6-18(28)7-3-16/h2-13,23-24H,14-15H2,1H3,(H,30,34)/t23-,24+/m1/s1. The van der Waals surface area contributed by atoms with Crippen LogP contribution in [0.3, 0.4) is 0 Å². The molecule has 0 spiro atoms. The van der Waals surface area contributed by atoms with E-state index in [2.05, 4.69) is 10.3 Å². The first-order valence-electron chi connectivity index (χ1n) is 11.5. The highest BCUT2D eigenvalue weighted by Gasteiger charge is 2.39. The van der Waals surface area contributed by atoms with Crippen LogP contribution in [-0.2, 0) is 9.59 Å². The van der Waals surface area contributed by atoms with Crippen LogP contribution < -0.4 is 10.1 Å². The van der Waals surface area contributed by atoms with Gasteiger partial charge < -0.3 is 10.1 Å². The van der Waals surface area contributed by atoms with Crippen molar-refractivity contribution >= 4 is 40.1 Å². The number of ether oxygens (including phenoxy) is 1. The van der Waals surface area contributed by atoms with Crippen LogP contribution in [0.1, 0.15) is 30.0 Å². The van der Waals surface area contributed by atoms with Gasteiger partial charge in [-0.15, -0.1) is 0 Å². The molecule has 2 aliphatic heterocycles. The second kappa shape index (κ2) is 10.5. The molecule has 0 aliphatic carbocycles. The monoisotopic (exact) mass is 520 g/mol. The van der Waals surface area contributed by atoms with Crippen LogP contribution in [0, 0.1) is 11.6 Å². The number of carbonyl (C=O) groups is 2. The zero-order valence-electron chi connectivity index (χ0n) is 19.7. The number of nitrogens with one attached hydrogen (secondary N) is 1. The maximum absolute atomic E-state index is 13.6. The van der Waals surface area contributed by atoms with Gasteiger partial charge in [0.2, 0.25) is 5.91 Å². The smallest absolute Gasteiger partial charge is 0.262 e. The Hall–Kier alpha value is -4.05. The van der Waals surface area contributed by atoms with Crippen molar-refractivity contribution in [2.24, 2.45) is 10.1 Å². The first-order chi connectivity index (χ1) is 17.9. The van der Waals surface area contributed by atoms with Crippen LogP contribution in [0.4, 0.5) is 14.5 Å². The lowest BCUT2D eigenvalue weighted by molar-refractivity contribution is -0.121. The van der Waals surface area contributed by atoms with Crippen LogP contribution in [0.5, 0.6) is 5.75 Å². The molecule has 5 rings (SSSR count). The normalized spacial score (nSPS) is 19.0. The van der Waals surface area contributed by atoms with Gasteiger partial charge in [0.15, 0.2) is 5.17 Å². The summed E-state index contributed by atoms with van der Waals surface area (Å²) in [7, 11) is 1.56. The molecule has 2 heterocycles. The van der Waals surface area contributed by atoms with Crippen LogP contribution in [-0.4, -0.2) is 40.1 Å². The Morgan fingerprint density at radius 2 is 1.68 bits per heavy atom. The van der Waals surface area contributed by atoms with E-state index in [4.69, 9.17) is 9.84 Å². The fourth-order valence-corrected chi connectivity index (χ4v) is 5.17. The van der Waals surface area contributed by atoms with Gasteiger partial charge in [-0.3, -0.25) is 9.59 Å². The van der Waals surface area contributed by atoms with Crippen molar-refractivity contribution in [2.45, 2.75) is 24.1 Å². The Bertz CT molecular complexity index is 1380. The SMILES string of the molecule is COc1ccc(NC(=O)C[C@@H]2SC(N3N=C(c4ccc(F)cc4)C[C@@H]3c3ccc(F)cc3)=NC2=O)cc1. The van der Waals surface area contributed by atoms with Gasteiger partial charge in [-0.1, -0.05) is 36.0 Å². The molecule has 0 unspecified atom stereocenters. The molecule has 0 aromatic heterocycles. The van der Waals surface area contributed by atoms with Crippen molar-refractivity contribution < 1.29 is 23.1 Å². The summed E-state index contributed by atoms with van der Waals surface area (Å²) in [5.74, 6) is -0.794. The number of benzene rings is 3. The summed E-state index contributed by atoms with van der Waals surface area (Å²) in [4.78, 5) is 29.5. The summed E-state index contributed by atoms with van der Waals surface area (Å²) in [6, 6.07) is 18.6. The topological polar surface area (TPSA) is 83.4 Å². The number of amides is 2. The van der Waals surface area contributed by atoms with Crippen molar-refractivity contribution in [3.63, 3.8) is 0 Å². The van der Waals surface area contributed by atoms with Gasteiger partial charge >= 0.3 is 0 Å². The average molecular weight is 521 g/mol. The molecule has 1 N–H and O–H groups in total. The number of amidine groups is 1. The van der Waals surface area contributed by atoms with E-state index in [0.717, 1.165) is 11.1 Å². The maximum atomic E-state index is 13.6. The van der Waals surface area contributed by atoms with E-state index in [1.807, 2.05) is 0 Å². The van der Waals surface area contributed by atoms with E-state index in [0.29, 0.717) is 28.7 Å². The fraction of sp³-hybridized carbons (Fsp3) is 0.185. The predicted octanol–water partition coefficient (Wildman–Crippen LogP) is 5.15. The van der Waals surface area contributed by atoms with Crippen LogP contribution >= 0.6 is 11.8 Å². The molecule has 37 heavy (non-hydrogen) atoms. The fourth-order valence-electron chi connectivity index (χ4n) is 4.11. The van der Waals surface area contributed by atoms with E-state index in [1.54, 1.807) is 60.6 Å². The zero-order chi connectivity index (χ0) is 25.9. The second-order valence-electron chi connectivity index (χ2n) is 8.49. The molecular formula is C27H22F2N4O3S. The molecule has 0 saturated carbocycles. The molecule has 0 radical (unpaired) electrons. The minimum atomic E-state index is -0.702. The first-order valence-corrected chi connectivity index (χ1v) is 12.4. The van der Waals surface area contributed by atoms with Gasteiger partial charge in [-0.25, -0.2) is 13.8 Å². The van der Waals surface area contributed by atoms with Crippen molar-refractivity contribution in [1.29, 1.82) is 0 Å². The van der Waals surface area contributed by atoms with Gasteiger partial charge in [-0.05, 0) is 59.7 Å². The molecule has 3 aromatic rings. The molecule has 2 aliphatic rings. The Balaban J connectivity index is 1.33. The highest BCUT2D eigenvalue weighted by Crippen LogP contribution is 2.38. The summed E-state index contributed by atoms with van der Waals surface area (Å²) >= 11 is 1.17. The molecular weight excluding hydrogens is 498 g/mol. The number of rotatable bonds is 6. The quantitative estimate of drug-likeness (QED) is 0.486. The number of hydrazone groups is 1. The van der Waals surface area contributed by atoms with Crippen molar-refractivity contribution in [3.05, 3.63) is 95.6 Å². The minimum absolute atomic E-state index is 0.0634. The van der Waals surface area contributed by atoms with Crippen LogP contribution in [0.25, 0.3) is 0 Å². The predicted molar refractivity (Wildman–Crippen MR) is 139 cm³/mol. The van der Waals surface area contributed by atoms with Crippen molar-refractivity contribution in [3.8, 4) is 5.75 Å². The van der Waals surface area contributed by atoms with Crippen LogP contribution in [0.2, 0.25) is 0 Å². The summed E-state index contributed by atoms with van der Waals surface area (Å²) in [5, 5.41) is 8.77. The summed E-state index contributed by atoms with van der Waals surface area (Å²) in [6.45, 7) is 0. The lowest BCUT2D eigenvalue weighted by Crippen LogP contribution is -2.25. The zero-order valence-corrected chi connectivity index (χ0v) is 20.5. The second-order valence-corrected chi connectivity index (χ2v) is 9.66. The highest BCUT2D eigenvalue weighted by molar-refractivity contribution is 8.15. The van der Waals surface area contributed by atoms with Gasteiger partial charge in [0.1, 0.15) is 22.6 Å². The molecule has 0 bridgehead atoms. The number of aliphatic imine (C=N–C) groups is 1. The summed E-state index contributed by atoms with van der Waals surface area (Å²) in [6.07, 6.45) is 0.389. The van der Waals surface area contributed by atoms with Gasteiger partial charge in [-0.2, -0.15) is 10.1 Å². The van der Waals surface area contributed by atoms with Gasteiger partial charge in [0.25, 0.3) is 5.91 Å². The van der Waals surface area contributed by atoms with E-state index < -0.39 is 11.2 Å². The molecule has 10 heteroatoms. The van der Waals surface area contributed by atoms with E-state index in [-0.39, 0.29) is 30.0 Å². The van der Waals surface area contributed by atoms with E-state index in [9.17, 15) is 18.4 Å². The van der Waals surface area contributed by atoms with Gasteiger partial charge in [0.05, 0.1) is 18.9 Å². The van der Waals surface area contributed by atoms with Crippen molar-refractivity contribution in [1.82, 2.24) is 5.01 Å². The Kier molecular flexibility index (Phi) is 7.00. The van der Waals surface area contributed by atoms with E-state index in [1.165, 1.54) is 36.0 Å². The number of halogens is 2. The lowest BCUT2D eigenvalue weighted by Gasteiger charge is -2.23. The molecule has 2 amide bonds. The Labute approximate surface area is 216 Å². The maximum Gasteiger partial charge on any atom is 0.262 e. The number of hydrogen-bond acceptors (Lipinski definition) is 6. The van der Waals surface area contributed by atoms with Crippen molar-refractivity contribution in [2.75, 3.05) is 12.4 Å². The molecule has 3 aromatic carbocycles. The molecule has 0 fully saturated rings. The summed E-state index contributed by atoms with van der Waals surface area (Å²) in [5.41, 5.74) is 2.80. The highest BCUT2D eigenvalue weighted by atomic mass is 32.2. The Morgan fingerprint density at radius 3 is 2.32 bits per heavy atom. The Morgan fingerprint density at radius 1 is 1.03 bits per heavy atom. The first kappa shape index (κ1) is 24.6.